The molecule has 8 nitrogen and oxygen atoms in total. The average Bonchev–Trinajstić information content (AvgIpc) is 3.63. The normalized spacial score (nSPS) is 23.3. The minimum absolute atomic E-state index is 0.0873. The van der Waals surface area contributed by atoms with Gasteiger partial charge in [0.25, 0.3) is 16.0 Å². The SMILES string of the molecule is CC(C)(C)OS(=O)(=O)CC(C1CC1)N1C(=O)C(CC(=O)O)OC(c2cccc(Cl)c2)C1c1ccc(Cl)cc1. The molecule has 1 saturated heterocycles. The highest BCUT2D eigenvalue weighted by Gasteiger charge is 2.51. The van der Waals surface area contributed by atoms with Gasteiger partial charge in [-0.3, -0.25) is 13.8 Å². The molecule has 2 fully saturated rings. The van der Waals surface area contributed by atoms with Gasteiger partial charge in [-0.05, 0) is 74.9 Å². The molecule has 2 aromatic rings. The second-order valence-corrected chi connectivity index (χ2v) is 13.3. The molecule has 1 N–H and O–H groups in total. The van der Waals surface area contributed by atoms with E-state index in [1.54, 1.807) is 69.3 Å². The predicted octanol–water partition coefficient (Wildman–Crippen LogP) is 5.40. The first-order valence-electron chi connectivity index (χ1n) is 12.4. The lowest BCUT2D eigenvalue weighted by Gasteiger charge is -2.48. The summed E-state index contributed by atoms with van der Waals surface area (Å²) in [6.45, 7) is 4.93. The zero-order chi connectivity index (χ0) is 27.8. The molecule has 1 saturated carbocycles. The summed E-state index contributed by atoms with van der Waals surface area (Å²) in [5.41, 5.74) is 0.349. The van der Waals surface area contributed by atoms with Gasteiger partial charge in [-0.25, -0.2) is 0 Å². The van der Waals surface area contributed by atoms with Gasteiger partial charge in [0, 0.05) is 10.0 Å². The molecule has 1 amide bonds. The molecule has 4 rings (SSSR count). The number of carboxylic acids is 1. The van der Waals surface area contributed by atoms with Gasteiger partial charge in [0.1, 0.15) is 12.2 Å². The van der Waals surface area contributed by atoms with E-state index >= 15 is 0 Å². The van der Waals surface area contributed by atoms with Gasteiger partial charge in [0.2, 0.25) is 0 Å². The summed E-state index contributed by atoms with van der Waals surface area (Å²) in [4.78, 5) is 27.2. The van der Waals surface area contributed by atoms with E-state index in [1.165, 1.54) is 4.90 Å². The molecule has 0 aromatic heterocycles. The van der Waals surface area contributed by atoms with E-state index in [2.05, 4.69) is 0 Å². The molecule has 4 atom stereocenters. The van der Waals surface area contributed by atoms with Crippen molar-refractivity contribution < 1.29 is 32.0 Å². The fourth-order valence-corrected chi connectivity index (χ4v) is 6.92. The van der Waals surface area contributed by atoms with Gasteiger partial charge in [-0.1, -0.05) is 47.5 Å². The summed E-state index contributed by atoms with van der Waals surface area (Å²) in [5, 5.41) is 10.5. The van der Waals surface area contributed by atoms with Gasteiger partial charge < -0.3 is 14.7 Å². The summed E-state index contributed by atoms with van der Waals surface area (Å²) in [6.07, 6.45) is -1.22. The van der Waals surface area contributed by atoms with Crippen molar-refractivity contribution in [3.8, 4) is 0 Å². The number of morpholine rings is 1. The Morgan fingerprint density at radius 3 is 2.32 bits per heavy atom. The number of hydrogen-bond acceptors (Lipinski definition) is 6. The summed E-state index contributed by atoms with van der Waals surface area (Å²) < 4.78 is 37.9. The van der Waals surface area contributed by atoms with Gasteiger partial charge in [0.05, 0.1) is 29.9 Å². The first-order valence-corrected chi connectivity index (χ1v) is 14.7. The number of carboxylic acid groups (broad SMARTS) is 1. The van der Waals surface area contributed by atoms with Crippen molar-refractivity contribution in [3.63, 3.8) is 0 Å². The number of benzene rings is 2. The first-order chi connectivity index (χ1) is 17.7. The van der Waals surface area contributed by atoms with E-state index in [0.717, 1.165) is 12.8 Å². The van der Waals surface area contributed by atoms with E-state index in [-0.39, 0.29) is 5.92 Å². The standard InChI is InChI=1S/C27H31Cl2NO7S/c1-27(2,3)37-38(34,35)15-21(16-7-8-16)30-24(17-9-11-19(28)12-10-17)25(18-5-4-6-20(29)13-18)36-22(26(30)33)14-23(31)32/h4-6,9-13,16,21-22,24-25H,7-8,14-15H2,1-3H3,(H,31,32). The van der Waals surface area contributed by atoms with Crippen molar-refractivity contribution in [3.05, 3.63) is 69.7 Å². The molecule has 2 aliphatic rings. The number of amides is 1. The van der Waals surface area contributed by atoms with Crippen LogP contribution < -0.4 is 0 Å². The van der Waals surface area contributed by atoms with Crippen LogP contribution in [-0.2, 0) is 28.6 Å². The maximum absolute atomic E-state index is 14.0. The zero-order valence-corrected chi connectivity index (χ0v) is 23.7. The molecule has 0 spiro atoms. The van der Waals surface area contributed by atoms with Crippen LogP contribution in [0.4, 0.5) is 0 Å². The van der Waals surface area contributed by atoms with Gasteiger partial charge >= 0.3 is 5.97 Å². The third kappa shape index (κ3) is 7.07. The van der Waals surface area contributed by atoms with Crippen LogP contribution in [0.5, 0.6) is 0 Å². The van der Waals surface area contributed by atoms with Gasteiger partial charge in [-0.15, -0.1) is 0 Å². The van der Waals surface area contributed by atoms with Crippen molar-refractivity contribution in [2.75, 3.05) is 5.75 Å². The molecule has 206 valence electrons. The Balaban J connectivity index is 1.86. The number of aliphatic carboxylic acids is 1. The molecule has 1 aliphatic carbocycles. The molecule has 1 aliphatic heterocycles. The fourth-order valence-electron chi connectivity index (χ4n) is 4.91. The monoisotopic (exact) mass is 583 g/mol. The Labute approximate surface area is 232 Å². The first kappa shape index (κ1) is 28.8. The molecule has 1 heterocycles. The van der Waals surface area contributed by atoms with Crippen LogP contribution in [0.2, 0.25) is 10.0 Å². The fraction of sp³-hybridized carbons (Fsp3) is 0.481. The maximum Gasteiger partial charge on any atom is 0.306 e. The summed E-state index contributed by atoms with van der Waals surface area (Å²) in [7, 11) is -4.05. The van der Waals surface area contributed by atoms with Crippen molar-refractivity contribution in [2.24, 2.45) is 5.92 Å². The molecule has 4 unspecified atom stereocenters. The van der Waals surface area contributed by atoms with Gasteiger partial charge in [0.15, 0.2) is 0 Å². The second-order valence-electron chi connectivity index (χ2n) is 10.8. The molecule has 0 bridgehead atoms. The van der Waals surface area contributed by atoms with Crippen molar-refractivity contribution in [1.82, 2.24) is 4.90 Å². The van der Waals surface area contributed by atoms with E-state index in [9.17, 15) is 23.1 Å². The molecular weight excluding hydrogens is 553 g/mol. The number of ether oxygens (including phenoxy) is 1. The van der Waals surface area contributed by atoms with Gasteiger partial charge in [-0.2, -0.15) is 8.42 Å². The van der Waals surface area contributed by atoms with Crippen molar-refractivity contribution in [2.45, 2.75) is 69.9 Å². The van der Waals surface area contributed by atoms with Crippen LogP contribution in [-0.4, -0.2) is 53.8 Å². The van der Waals surface area contributed by atoms with E-state index in [1.807, 2.05) is 0 Å². The Morgan fingerprint density at radius 1 is 1.11 bits per heavy atom. The minimum Gasteiger partial charge on any atom is -0.481 e. The van der Waals surface area contributed by atoms with Crippen molar-refractivity contribution in [1.29, 1.82) is 0 Å². The summed E-state index contributed by atoms with van der Waals surface area (Å²) in [6, 6.07) is 12.3. The van der Waals surface area contributed by atoms with Crippen LogP contribution in [0.1, 0.15) is 63.3 Å². The Morgan fingerprint density at radius 2 is 1.76 bits per heavy atom. The summed E-state index contributed by atoms with van der Waals surface area (Å²) >= 11 is 12.4. The largest absolute Gasteiger partial charge is 0.481 e. The number of carbonyl (C=O) groups excluding carboxylic acids is 1. The lowest BCUT2D eigenvalue weighted by atomic mass is 9.89. The number of halogens is 2. The number of hydrogen-bond donors (Lipinski definition) is 1. The van der Waals surface area contributed by atoms with Crippen LogP contribution in [0.15, 0.2) is 48.5 Å². The third-order valence-electron chi connectivity index (χ3n) is 6.45. The van der Waals surface area contributed by atoms with Crippen molar-refractivity contribution >= 4 is 45.2 Å². The molecule has 11 heteroatoms. The highest BCUT2D eigenvalue weighted by molar-refractivity contribution is 7.86. The van der Waals surface area contributed by atoms with E-state index < -0.39 is 64.1 Å². The number of carbonyl (C=O) groups is 2. The van der Waals surface area contributed by atoms with Crippen LogP contribution >= 0.6 is 23.2 Å². The zero-order valence-electron chi connectivity index (χ0n) is 21.3. The highest BCUT2D eigenvalue weighted by atomic mass is 35.5. The molecular formula is C27H31Cl2NO7S. The highest BCUT2D eigenvalue weighted by Crippen LogP contribution is 2.48. The molecule has 0 radical (unpaired) electrons. The van der Waals surface area contributed by atoms with E-state index in [0.29, 0.717) is 21.2 Å². The van der Waals surface area contributed by atoms with Crippen LogP contribution in [0.3, 0.4) is 0 Å². The third-order valence-corrected chi connectivity index (χ3v) is 8.44. The average molecular weight is 585 g/mol. The van der Waals surface area contributed by atoms with E-state index in [4.69, 9.17) is 32.1 Å². The lowest BCUT2D eigenvalue weighted by molar-refractivity contribution is -0.183. The summed E-state index contributed by atoms with van der Waals surface area (Å²) in [5.74, 6) is -2.29. The Hall–Kier alpha value is -2.17. The topological polar surface area (TPSA) is 110 Å². The van der Waals surface area contributed by atoms with Crippen LogP contribution in [0, 0.1) is 5.92 Å². The smallest absolute Gasteiger partial charge is 0.306 e. The molecule has 2 aromatic carbocycles. The Bertz CT molecular complexity index is 1290. The molecule has 38 heavy (non-hydrogen) atoms. The number of nitrogens with zero attached hydrogens (tertiary/aromatic N) is 1. The Kier molecular flexibility index (Phi) is 8.45. The minimum atomic E-state index is -4.05. The second kappa shape index (κ2) is 11.1. The lowest BCUT2D eigenvalue weighted by Crippen LogP contribution is -2.57. The maximum atomic E-state index is 14.0. The quantitative estimate of drug-likeness (QED) is 0.393. The predicted molar refractivity (Wildman–Crippen MR) is 143 cm³/mol. The van der Waals surface area contributed by atoms with Crippen LogP contribution in [0.25, 0.3) is 0 Å². The number of rotatable bonds is 9.